The molecule has 106 valence electrons. The highest BCUT2D eigenvalue weighted by Gasteiger charge is 2.04. The Balaban J connectivity index is 2.12. The van der Waals surface area contributed by atoms with Crippen molar-refractivity contribution in [1.29, 1.82) is 0 Å². The lowest BCUT2D eigenvalue weighted by Crippen LogP contribution is -2.26. The molecule has 0 atom stereocenters. The Morgan fingerprint density at radius 2 is 2.00 bits per heavy atom. The molecular formula is C15H23FN2O. The first-order chi connectivity index (χ1) is 9.09. The number of carbonyl (C=O) groups excluding carboxylic acids is 1. The minimum atomic E-state index is -0.186. The normalized spacial score (nSPS) is 10.7. The molecule has 0 unspecified atom stereocenters. The molecule has 19 heavy (non-hydrogen) atoms. The summed E-state index contributed by atoms with van der Waals surface area (Å²) in [6.07, 6.45) is 2.70. The van der Waals surface area contributed by atoms with E-state index in [2.05, 4.69) is 10.2 Å². The zero-order chi connectivity index (χ0) is 14.1. The molecule has 1 aromatic carbocycles. The van der Waals surface area contributed by atoms with Gasteiger partial charge in [0.25, 0.3) is 0 Å². The highest BCUT2D eigenvalue weighted by molar-refractivity contribution is 5.75. The fourth-order valence-corrected chi connectivity index (χ4v) is 1.85. The van der Waals surface area contributed by atoms with Crippen LogP contribution in [0.1, 0.15) is 24.8 Å². The third kappa shape index (κ3) is 6.91. The van der Waals surface area contributed by atoms with E-state index in [9.17, 15) is 9.18 Å². The van der Waals surface area contributed by atoms with Crippen LogP contribution in [0.2, 0.25) is 0 Å². The summed E-state index contributed by atoms with van der Waals surface area (Å²) >= 11 is 0. The molecule has 0 fully saturated rings. The van der Waals surface area contributed by atoms with Crippen molar-refractivity contribution in [1.82, 2.24) is 10.2 Å². The van der Waals surface area contributed by atoms with Crippen LogP contribution in [0.5, 0.6) is 0 Å². The maximum atomic E-state index is 13.3. The molecule has 0 aromatic heterocycles. The lowest BCUT2D eigenvalue weighted by molar-refractivity contribution is -0.121. The Hall–Kier alpha value is -1.42. The van der Waals surface area contributed by atoms with Crippen LogP contribution in [-0.2, 0) is 11.2 Å². The zero-order valence-electron chi connectivity index (χ0n) is 11.8. The van der Waals surface area contributed by atoms with Crippen LogP contribution < -0.4 is 5.32 Å². The van der Waals surface area contributed by atoms with Gasteiger partial charge in [0, 0.05) is 13.0 Å². The van der Waals surface area contributed by atoms with Gasteiger partial charge in [-0.2, -0.15) is 0 Å². The van der Waals surface area contributed by atoms with E-state index in [1.54, 1.807) is 12.1 Å². The van der Waals surface area contributed by atoms with Gasteiger partial charge in [-0.25, -0.2) is 4.39 Å². The minimum Gasteiger partial charge on any atom is -0.356 e. The highest BCUT2D eigenvalue weighted by atomic mass is 19.1. The number of rotatable bonds is 8. The lowest BCUT2D eigenvalue weighted by atomic mass is 10.1. The molecule has 1 amide bonds. The standard InChI is InChI=1S/C15H23FN2O/c1-18(2)12-6-11-17-15(19)10-5-8-13-7-3-4-9-14(13)16/h3-4,7,9H,5-6,8,10-12H2,1-2H3,(H,17,19). The molecule has 1 aromatic rings. The van der Waals surface area contributed by atoms with Crippen molar-refractivity contribution in [3.8, 4) is 0 Å². The molecule has 0 heterocycles. The lowest BCUT2D eigenvalue weighted by Gasteiger charge is -2.09. The number of nitrogens with one attached hydrogen (secondary N) is 1. The van der Waals surface area contributed by atoms with Gasteiger partial charge in [-0.1, -0.05) is 18.2 Å². The first-order valence-electron chi connectivity index (χ1n) is 6.74. The molecule has 1 rings (SSSR count). The van der Waals surface area contributed by atoms with Gasteiger partial charge >= 0.3 is 0 Å². The van der Waals surface area contributed by atoms with Gasteiger partial charge in [0.15, 0.2) is 0 Å². The van der Waals surface area contributed by atoms with Crippen LogP contribution in [0.3, 0.4) is 0 Å². The Bertz CT molecular complexity index is 393. The molecule has 1 N–H and O–H groups in total. The molecule has 0 saturated carbocycles. The Labute approximate surface area is 114 Å². The number of hydrogen-bond donors (Lipinski definition) is 1. The predicted octanol–water partition coefficient (Wildman–Crippen LogP) is 2.22. The second-order valence-corrected chi connectivity index (χ2v) is 4.95. The number of halogens is 1. The van der Waals surface area contributed by atoms with Crippen LogP contribution in [0.15, 0.2) is 24.3 Å². The SMILES string of the molecule is CN(C)CCCNC(=O)CCCc1ccccc1F. The van der Waals surface area contributed by atoms with Gasteiger partial charge in [0.05, 0.1) is 0 Å². The van der Waals surface area contributed by atoms with E-state index in [-0.39, 0.29) is 11.7 Å². The molecule has 3 nitrogen and oxygen atoms in total. The average Bonchev–Trinajstić information content (AvgIpc) is 2.37. The van der Waals surface area contributed by atoms with Crippen molar-refractivity contribution in [3.05, 3.63) is 35.6 Å². The number of nitrogens with zero attached hydrogens (tertiary/aromatic N) is 1. The second kappa shape index (κ2) is 8.64. The van der Waals surface area contributed by atoms with Gasteiger partial charge in [0.2, 0.25) is 5.91 Å². The van der Waals surface area contributed by atoms with Crippen LogP contribution in [0.25, 0.3) is 0 Å². The maximum Gasteiger partial charge on any atom is 0.220 e. The van der Waals surface area contributed by atoms with Gasteiger partial charge < -0.3 is 10.2 Å². The molecular weight excluding hydrogens is 243 g/mol. The topological polar surface area (TPSA) is 32.3 Å². The van der Waals surface area contributed by atoms with Crippen LogP contribution in [-0.4, -0.2) is 38.0 Å². The summed E-state index contributed by atoms with van der Waals surface area (Å²) in [4.78, 5) is 13.6. The molecule has 0 aliphatic heterocycles. The largest absolute Gasteiger partial charge is 0.356 e. The average molecular weight is 266 g/mol. The molecule has 0 spiro atoms. The summed E-state index contributed by atoms with van der Waals surface area (Å²) in [5.41, 5.74) is 0.683. The van der Waals surface area contributed by atoms with E-state index < -0.39 is 0 Å². The zero-order valence-corrected chi connectivity index (χ0v) is 11.8. The van der Waals surface area contributed by atoms with Crippen molar-refractivity contribution in [3.63, 3.8) is 0 Å². The van der Waals surface area contributed by atoms with Crippen LogP contribution in [0, 0.1) is 5.82 Å². The van der Waals surface area contributed by atoms with E-state index >= 15 is 0 Å². The summed E-state index contributed by atoms with van der Waals surface area (Å²) < 4.78 is 13.3. The summed E-state index contributed by atoms with van der Waals surface area (Å²) in [6.45, 7) is 1.67. The van der Waals surface area contributed by atoms with Gasteiger partial charge in [-0.15, -0.1) is 0 Å². The monoisotopic (exact) mass is 266 g/mol. The first kappa shape index (κ1) is 15.6. The quantitative estimate of drug-likeness (QED) is 0.732. The van der Waals surface area contributed by atoms with Crippen LogP contribution in [0.4, 0.5) is 4.39 Å². The van der Waals surface area contributed by atoms with Crippen LogP contribution >= 0.6 is 0 Å². The molecule has 4 heteroatoms. The summed E-state index contributed by atoms with van der Waals surface area (Å²) in [7, 11) is 4.02. The Morgan fingerprint density at radius 1 is 1.26 bits per heavy atom. The summed E-state index contributed by atoms with van der Waals surface area (Å²) in [5.74, 6) is -0.135. The molecule has 0 aliphatic carbocycles. The molecule has 0 bridgehead atoms. The number of benzene rings is 1. The van der Waals surface area contributed by atoms with Gasteiger partial charge in [0.1, 0.15) is 5.82 Å². The number of carbonyl (C=O) groups is 1. The predicted molar refractivity (Wildman–Crippen MR) is 75.5 cm³/mol. The van der Waals surface area contributed by atoms with E-state index in [0.29, 0.717) is 31.4 Å². The van der Waals surface area contributed by atoms with E-state index in [1.807, 2.05) is 20.2 Å². The van der Waals surface area contributed by atoms with E-state index in [1.165, 1.54) is 6.07 Å². The van der Waals surface area contributed by atoms with E-state index in [0.717, 1.165) is 13.0 Å². The second-order valence-electron chi connectivity index (χ2n) is 4.95. The number of amides is 1. The Kier molecular flexibility index (Phi) is 7.11. The van der Waals surface area contributed by atoms with Crippen molar-refractivity contribution in [2.75, 3.05) is 27.2 Å². The molecule has 0 radical (unpaired) electrons. The first-order valence-corrected chi connectivity index (χ1v) is 6.74. The van der Waals surface area contributed by atoms with Gasteiger partial charge in [-0.3, -0.25) is 4.79 Å². The van der Waals surface area contributed by atoms with Gasteiger partial charge in [-0.05, 0) is 51.5 Å². The highest BCUT2D eigenvalue weighted by Crippen LogP contribution is 2.09. The Morgan fingerprint density at radius 3 is 2.68 bits per heavy atom. The maximum absolute atomic E-state index is 13.3. The smallest absolute Gasteiger partial charge is 0.220 e. The fourth-order valence-electron chi connectivity index (χ4n) is 1.85. The number of aryl methyl sites for hydroxylation is 1. The molecule has 0 aliphatic rings. The third-order valence-corrected chi connectivity index (χ3v) is 2.91. The van der Waals surface area contributed by atoms with E-state index in [4.69, 9.17) is 0 Å². The summed E-state index contributed by atoms with van der Waals surface area (Å²) in [5, 5.41) is 2.88. The summed E-state index contributed by atoms with van der Waals surface area (Å²) in [6, 6.07) is 6.72. The molecule has 0 saturated heterocycles. The van der Waals surface area contributed by atoms with Crippen molar-refractivity contribution < 1.29 is 9.18 Å². The fraction of sp³-hybridized carbons (Fsp3) is 0.533. The number of hydrogen-bond acceptors (Lipinski definition) is 2. The minimum absolute atomic E-state index is 0.0510. The van der Waals surface area contributed by atoms with Crippen molar-refractivity contribution >= 4 is 5.91 Å². The van der Waals surface area contributed by atoms with Crippen molar-refractivity contribution in [2.24, 2.45) is 0 Å². The van der Waals surface area contributed by atoms with Crippen molar-refractivity contribution in [2.45, 2.75) is 25.7 Å². The third-order valence-electron chi connectivity index (χ3n) is 2.91.